The molecule has 0 unspecified atom stereocenters. The standard InChI is InChI=1S/C32H63NO14/c1-31(2,3)46-29(35)7-11-37-15-17-40-19-21-42-23-25-44-27-28-45-26-24-43-22-20-41-18-16-39-13-9-33(8-12-38-14-10-34)30(36)47-32(4,5)6/h34H,7-28H2,1-6H3. The van der Waals surface area contributed by atoms with E-state index in [4.69, 9.17) is 57.2 Å². The fourth-order valence-corrected chi connectivity index (χ4v) is 3.33. The molecule has 1 amide bonds. The summed E-state index contributed by atoms with van der Waals surface area (Å²) in [5.74, 6) is -0.272. The monoisotopic (exact) mass is 685 g/mol. The van der Waals surface area contributed by atoms with E-state index in [2.05, 4.69) is 0 Å². The van der Waals surface area contributed by atoms with E-state index in [9.17, 15) is 9.59 Å². The van der Waals surface area contributed by atoms with Gasteiger partial charge in [0.2, 0.25) is 0 Å². The second-order valence-corrected chi connectivity index (χ2v) is 12.0. The lowest BCUT2D eigenvalue weighted by Gasteiger charge is -2.27. The predicted molar refractivity (Wildman–Crippen MR) is 173 cm³/mol. The Labute approximate surface area is 281 Å². The molecule has 0 aliphatic heterocycles. The van der Waals surface area contributed by atoms with Crippen LogP contribution in [0.15, 0.2) is 0 Å². The number of hydrogen-bond donors (Lipinski definition) is 1. The van der Waals surface area contributed by atoms with Gasteiger partial charge in [-0.2, -0.15) is 0 Å². The molecule has 0 rings (SSSR count). The molecule has 0 atom stereocenters. The molecular formula is C32H63NO14. The van der Waals surface area contributed by atoms with E-state index in [1.807, 2.05) is 41.5 Å². The van der Waals surface area contributed by atoms with Gasteiger partial charge in [0.05, 0.1) is 132 Å². The van der Waals surface area contributed by atoms with Crippen molar-refractivity contribution in [3.05, 3.63) is 0 Å². The molecule has 0 saturated heterocycles. The smallest absolute Gasteiger partial charge is 0.410 e. The number of aliphatic hydroxyl groups excluding tert-OH is 1. The highest BCUT2D eigenvalue weighted by Gasteiger charge is 2.22. The zero-order valence-electron chi connectivity index (χ0n) is 29.8. The van der Waals surface area contributed by atoms with E-state index >= 15 is 0 Å². The molecule has 0 aromatic heterocycles. The average molecular weight is 686 g/mol. The number of carbonyl (C=O) groups is 2. The number of hydrogen-bond acceptors (Lipinski definition) is 14. The molecule has 47 heavy (non-hydrogen) atoms. The molecule has 0 aliphatic carbocycles. The number of aliphatic hydroxyl groups is 1. The first-order chi connectivity index (χ1) is 22.4. The van der Waals surface area contributed by atoms with Crippen LogP contribution in [0.2, 0.25) is 0 Å². The minimum atomic E-state index is -0.598. The van der Waals surface area contributed by atoms with Crippen LogP contribution in [0.25, 0.3) is 0 Å². The van der Waals surface area contributed by atoms with Crippen molar-refractivity contribution >= 4 is 12.1 Å². The van der Waals surface area contributed by atoms with E-state index in [-0.39, 0.29) is 25.6 Å². The second kappa shape index (κ2) is 30.4. The van der Waals surface area contributed by atoms with E-state index < -0.39 is 17.3 Å². The maximum atomic E-state index is 12.4. The Morgan fingerprint density at radius 2 is 0.745 bits per heavy atom. The molecule has 280 valence electrons. The summed E-state index contributed by atoms with van der Waals surface area (Å²) in [6, 6.07) is 0. The summed E-state index contributed by atoms with van der Waals surface area (Å²) in [6.45, 7) is 19.0. The van der Waals surface area contributed by atoms with Gasteiger partial charge in [0.1, 0.15) is 11.2 Å². The quantitative estimate of drug-likeness (QED) is 0.0810. The Bertz CT molecular complexity index is 730. The summed E-state index contributed by atoms with van der Waals surface area (Å²) in [7, 11) is 0. The highest BCUT2D eigenvalue weighted by molar-refractivity contribution is 5.70. The summed E-state index contributed by atoms with van der Waals surface area (Å²) < 4.78 is 59.6. The predicted octanol–water partition coefficient (Wildman–Crippen LogP) is 2.10. The zero-order chi connectivity index (χ0) is 35.1. The number of carbonyl (C=O) groups excluding carboxylic acids is 2. The van der Waals surface area contributed by atoms with E-state index in [1.54, 1.807) is 0 Å². The van der Waals surface area contributed by atoms with Crippen LogP contribution < -0.4 is 0 Å². The van der Waals surface area contributed by atoms with Crippen LogP contribution in [0, 0.1) is 0 Å². The van der Waals surface area contributed by atoms with E-state index in [0.29, 0.717) is 125 Å². The van der Waals surface area contributed by atoms with E-state index in [0.717, 1.165) is 0 Å². The van der Waals surface area contributed by atoms with Gasteiger partial charge in [0.25, 0.3) is 0 Å². The van der Waals surface area contributed by atoms with Gasteiger partial charge in [-0.25, -0.2) is 4.79 Å². The number of esters is 1. The van der Waals surface area contributed by atoms with Crippen molar-refractivity contribution in [2.45, 2.75) is 59.2 Å². The van der Waals surface area contributed by atoms with Gasteiger partial charge in [-0.3, -0.25) is 4.79 Å². The Morgan fingerprint density at radius 1 is 0.447 bits per heavy atom. The molecule has 0 radical (unpaired) electrons. The van der Waals surface area contributed by atoms with Crippen LogP contribution >= 0.6 is 0 Å². The van der Waals surface area contributed by atoms with E-state index in [1.165, 1.54) is 4.90 Å². The van der Waals surface area contributed by atoms with Crippen molar-refractivity contribution in [3.8, 4) is 0 Å². The normalized spacial score (nSPS) is 12.0. The molecule has 0 aliphatic rings. The van der Waals surface area contributed by atoms with Gasteiger partial charge >= 0.3 is 12.1 Å². The van der Waals surface area contributed by atoms with Crippen molar-refractivity contribution < 1.29 is 66.8 Å². The van der Waals surface area contributed by atoms with Gasteiger partial charge in [-0.1, -0.05) is 0 Å². The minimum Gasteiger partial charge on any atom is -0.460 e. The van der Waals surface area contributed by atoms with Crippen molar-refractivity contribution in [1.82, 2.24) is 4.90 Å². The number of rotatable bonds is 32. The third-order valence-electron chi connectivity index (χ3n) is 5.37. The first-order valence-electron chi connectivity index (χ1n) is 16.4. The number of amides is 1. The molecule has 1 N–H and O–H groups in total. The van der Waals surface area contributed by atoms with Gasteiger partial charge in [-0.15, -0.1) is 0 Å². The summed E-state index contributed by atoms with van der Waals surface area (Å²) in [4.78, 5) is 25.5. The van der Waals surface area contributed by atoms with Crippen LogP contribution in [-0.2, 0) is 56.9 Å². The zero-order valence-corrected chi connectivity index (χ0v) is 29.8. The van der Waals surface area contributed by atoms with Crippen LogP contribution in [0.3, 0.4) is 0 Å². The Morgan fingerprint density at radius 3 is 1.06 bits per heavy atom. The minimum absolute atomic E-state index is 0.0678. The SMILES string of the molecule is CC(C)(C)OC(=O)CCOCCOCCOCCOCCOCCOCCOCCOCCN(CCOCCO)C(=O)OC(C)(C)C. The molecule has 0 saturated carbocycles. The summed E-state index contributed by atoms with van der Waals surface area (Å²) >= 11 is 0. The second-order valence-electron chi connectivity index (χ2n) is 12.0. The maximum Gasteiger partial charge on any atom is 0.410 e. The van der Waals surface area contributed by atoms with Crippen molar-refractivity contribution in [3.63, 3.8) is 0 Å². The largest absolute Gasteiger partial charge is 0.460 e. The third kappa shape index (κ3) is 35.5. The first kappa shape index (κ1) is 45.3. The van der Waals surface area contributed by atoms with Crippen LogP contribution in [-0.4, -0.2) is 172 Å². The maximum absolute atomic E-state index is 12.4. The van der Waals surface area contributed by atoms with Gasteiger partial charge in [-0.05, 0) is 41.5 Å². The molecule has 15 nitrogen and oxygen atoms in total. The Kier molecular flexibility index (Phi) is 29.3. The highest BCUT2D eigenvalue weighted by Crippen LogP contribution is 2.10. The summed E-state index contributed by atoms with van der Waals surface area (Å²) in [5.41, 5.74) is -1.08. The summed E-state index contributed by atoms with van der Waals surface area (Å²) in [6.07, 6.45) is -0.210. The average Bonchev–Trinajstić information content (AvgIpc) is 2.98. The lowest BCUT2D eigenvalue weighted by molar-refractivity contribution is -0.156. The molecule has 15 heteroatoms. The summed E-state index contributed by atoms with van der Waals surface area (Å²) in [5, 5.41) is 8.83. The molecule has 0 aromatic carbocycles. The van der Waals surface area contributed by atoms with Gasteiger partial charge < -0.3 is 62.1 Å². The topological polar surface area (TPSA) is 159 Å². The molecule has 0 spiro atoms. The number of nitrogens with zero attached hydrogens (tertiary/aromatic N) is 1. The Balaban J connectivity index is 3.43. The first-order valence-corrected chi connectivity index (χ1v) is 16.4. The fraction of sp³-hybridized carbons (Fsp3) is 0.938. The van der Waals surface area contributed by atoms with Crippen molar-refractivity contribution in [2.75, 3.05) is 139 Å². The molecule has 0 heterocycles. The lowest BCUT2D eigenvalue weighted by Crippen LogP contribution is -2.40. The molecular weight excluding hydrogens is 622 g/mol. The van der Waals surface area contributed by atoms with Crippen molar-refractivity contribution in [2.24, 2.45) is 0 Å². The lowest BCUT2D eigenvalue weighted by atomic mass is 10.2. The Hall–Kier alpha value is -1.66. The van der Waals surface area contributed by atoms with Crippen LogP contribution in [0.1, 0.15) is 48.0 Å². The third-order valence-corrected chi connectivity index (χ3v) is 5.37. The highest BCUT2D eigenvalue weighted by atomic mass is 16.6. The van der Waals surface area contributed by atoms with Crippen LogP contribution in [0.4, 0.5) is 4.79 Å². The van der Waals surface area contributed by atoms with Gasteiger partial charge in [0.15, 0.2) is 0 Å². The van der Waals surface area contributed by atoms with Gasteiger partial charge in [0, 0.05) is 13.1 Å². The fourth-order valence-electron chi connectivity index (χ4n) is 3.33. The van der Waals surface area contributed by atoms with Crippen LogP contribution in [0.5, 0.6) is 0 Å². The van der Waals surface area contributed by atoms with Crippen molar-refractivity contribution in [1.29, 1.82) is 0 Å². The number of ether oxygens (including phenoxy) is 11. The molecule has 0 fully saturated rings. The molecule has 0 aromatic rings. The molecule has 0 bridgehead atoms.